The maximum Gasteiger partial charge on any atom is 0.396 e. The number of carbonyl (C=O) groups excluding carboxylic acids is 9. The number of amides is 8. The second-order valence-corrected chi connectivity index (χ2v) is 22.7. The molecule has 82 heavy (non-hydrogen) atoms. The molecular weight excluding hydrogens is 1080 g/mol. The molecule has 0 saturated carbocycles. The number of piperidine rings is 1. The quantitative estimate of drug-likeness (QED) is 0.0290. The maximum atomic E-state index is 15.1. The minimum Gasteiger partial charge on any atom is -0.370 e. The number of rotatable bonds is 21. The van der Waals surface area contributed by atoms with E-state index in [9.17, 15) is 57.5 Å². The lowest BCUT2D eigenvalue weighted by Gasteiger charge is -2.39. The van der Waals surface area contributed by atoms with Gasteiger partial charge in [-0.2, -0.15) is 0 Å². The standard InChI is InChI=1S/C58H65N10O13P/c1-65-44-23-18-34(30-47(44)68(58(65)78)46-25-27-49(70)63-55(46)75)12-6-2-3-11-17-50(71)66-29-28-39-20-24-45(54(74)61-41(22-26-48(59)69)52(72)64-51(35-13-7-4-8-14-35)36-15-9-5-10-16-36)67(39)56(76)43(33-66)62-53(73)42-32-38-31-37(19-21-40(38)60-42)57(77)82(79,80)81/h4-5,7-10,13-16,18-19,21,23,30-32,39,41,43,45-46,51,60H,2-3,6,11-12,17,20,22,24-29,33H2,1H3,(H2,59,69)(H,61,74)(H,62,73)(H,64,72)(H,63,70,75)(H2,79,80,81)/t39-,41+,43+,45+,46?/m1/s1. The molecule has 24 heteroatoms. The third-order valence-corrected chi connectivity index (χ3v) is 16.5. The number of benzene rings is 4. The number of aromatic nitrogens is 3. The molecule has 430 valence electrons. The Bertz CT molecular complexity index is 3530. The number of fused-ring (bicyclic) bond motifs is 3. The largest absolute Gasteiger partial charge is 0.396 e. The predicted octanol–water partition coefficient (Wildman–Crippen LogP) is 3.66. The number of aryl methyl sites for hydroxylation is 2. The molecule has 9 N–H and O–H groups in total. The van der Waals surface area contributed by atoms with Crippen LogP contribution in [0.1, 0.15) is 127 Å². The van der Waals surface area contributed by atoms with E-state index in [0.717, 1.165) is 29.5 Å². The molecule has 5 heterocycles. The highest BCUT2D eigenvalue weighted by atomic mass is 31.2. The summed E-state index contributed by atoms with van der Waals surface area (Å²) in [7, 11) is -3.49. The molecule has 3 aliphatic rings. The summed E-state index contributed by atoms with van der Waals surface area (Å²) in [5.41, 5.74) is 7.50. The van der Waals surface area contributed by atoms with Gasteiger partial charge in [-0.05, 0) is 104 Å². The van der Waals surface area contributed by atoms with Crippen LogP contribution < -0.4 is 32.7 Å². The lowest BCUT2D eigenvalue weighted by Crippen LogP contribution is -2.62. The van der Waals surface area contributed by atoms with Crippen LogP contribution in [0.5, 0.6) is 0 Å². The van der Waals surface area contributed by atoms with E-state index in [2.05, 4.69) is 26.3 Å². The molecule has 0 aliphatic carbocycles. The Labute approximate surface area is 470 Å². The topological polar surface area (TPSA) is 335 Å². The van der Waals surface area contributed by atoms with Gasteiger partial charge in [0, 0.05) is 61.9 Å². The second-order valence-electron chi connectivity index (χ2n) is 21.2. The number of primary amides is 1. The highest BCUT2D eigenvalue weighted by Crippen LogP contribution is 2.39. The molecule has 0 radical (unpaired) electrons. The number of nitrogens with zero attached hydrogens (tertiary/aromatic N) is 4. The van der Waals surface area contributed by atoms with E-state index in [1.165, 1.54) is 43.2 Å². The summed E-state index contributed by atoms with van der Waals surface area (Å²) in [4.78, 5) is 160. The van der Waals surface area contributed by atoms with Crippen LogP contribution in [0, 0.1) is 0 Å². The number of imide groups is 1. The van der Waals surface area contributed by atoms with E-state index in [-0.39, 0.29) is 85.8 Å². The molecule has 8 amide bonds. The Hall–Kier alpha value is -8.53. The molecule has 0 spiro atoms. The fourth-order valence-electron chi connectivity index (χ4n) is 11.4. The molecule has 23 nitrogen and oxygen atoms in total. The van der Waals surface area contributed by atoms with Gasteiger partial charge in [-0.25, -0.2) is 4.79 Å². The molecule has 1 unspecified atom stereocenters. The Morgan fingerprint density at radius 3 is 2.17 bits per heavy atom. The minimum atomic E-state index is -5.13. The molecule has 9 rings (SSSR count). The van der Waals surface area contributed by atoms with E-state index in [1.807, 2.05) is 78.9 Å². The third-order valence-electron chi connectivity index (χ3n) is 15.7. The fraction of sp³-hybridized carbons (Fsp3) is 0.379. The van der Waals surface area contributed by atoms with Crippen LogP contribution in [0.3, 0.4) is 0 Å². The smallest absolute Gasteiger partial charge is 0.370 e. The van der Waals surface area contributed by atoms with Gasteiger partial charge in [-0.15, -0.1) is 0 Å². The molecule has 3 saturated heterocycles. The number of hydrogen-bond donors (Lipinski definition) is 8. The van der Waals surface area contributed by atoms with E-state index in [4.69, 9.17) is 5.73 Å². The van der Waals surface area contributed by atoms with Crippen molar-refractivity contribution in [2.24, 2.45) is 12.8 Å². The van der Waals surface area contributed by atoms with E-state index >= 15 is 4.79 Å². The lowest BCUT2D eigenvalue weighted by atomic mass is 9.98. The zero-order valence-corrected chi connectivity index (χ0v) is 46.0. The number of unbranched alkanes of at least 4 members (excludes halogenated alkanes) is 3. The highest BCUT2D eigenvalue weighted by Gasteiger charge is 2.46. The number of aromatic amines is 1. The van der Waals surface area contributed by atoms with Crippen molar-refractivity contribution in [2.45, 2.75) is 120 Å². The average molecular weight is 1140 g/mol. The Kier molecular flexibility index (Phi) is 17.8. The van der Waals surface area contributed by atoms with E-state index < -0.39 is 84.8 Å². The van der Waals surface area contributed by atoms with Gasteiger partial charge in [0.25, 0.3) is 11.4 Å². The van der Waals surface area contributed by atoms with Gasteiger partial charge in [-0.1, -0.05) is 79.6 Å². The summed E-state index contributed by atoms with van der Waals surface area (Å²) in [6, 6.07) is 23.5. The van der Waals surface area contributed by atoms with Crippen LogP contribution in [0.4, 0.5) is 0 Å². The first-order valence-corrected chi connectivity index (χ1v) is 29.0. The SMILES string of the molecule is Cn1c(=O)n(C2CCC(=O)NC2=O)c2cc(CCCCCCC(=O)N3CC[C@H]4CC[C@@H](C(=O)N[C@@H](CCC(N)=O)C(=O)NC(c5ccccc5)c5ccccc5)N4C(=O)[C@@H](NC(=O)c4cc5cc(C(=O)P(=O)(O)O)ccc5[nH]4)C3)ccc21. The van der Waals surface area contributed by atoms with Crippen LogP contribution in [-0.2, 0) is 51.6 Å². The molecule has 5 atom stereocenters. The molecular formula is C58H65N10O13P. The maximum absolute atomic E-state index is 15.1. The number of imidazole rings is 1. The second kappa shape index (κ2) is 25.1. The van der Waals surface area contributed by atoms with Gasteiger partial charge in [0.1, 0.15) is 29.9 Å². The molecule has 2 aromatic heterocycles. The van der Waals surface area contributed by atoms with Crippen molar-refractivity contribution in [1.82, 2.24) is 45.2 Å². The van der Waals surface area contributed by atoms with Gasteiger partial charge in [0.2, 0.25) is 41.4 Å². The van der Waals surface area contributed by atoms with Crippen LogP contribution in [-0.4, -0.2) is 124 Å². The first-order chi connectivity index (χ1) is 39.2. The van der Waals surface area contributed by atoms with Crippen LogP contribution in [0.15, 0.2) is 108 Å². The molecule has 3 aliphatic heterocycles. The summed E-state index contributed by atoms with van der Waals surface area (Å²) >= 11 is 0. The van der Waals surface area contributed by atoms with Crippen molar-refractivity contribution in [1.29, 1.82) is 0 Å². The molecule has 6 aromatic rings. The monoisotopic (exact) mass is 1140 g/mol. The van der Waals surface area contributed by atoms with Gasteiger partial charge >= 0.3 is 13.3 Å². The number of nitrogens with one attached hydrogen (secondary N) is 5. The summed E-state index contributed by atoms with van der Waals surface area (Å²) in [6.07, 6.45) is 4.25. The number of nitrogens with two attached hydrogens (primary N) is 1. The van der Waals surface area contributed by atoms with E-state index in [0.29, 0.717) is 48.7 Å². The van der Waals surface area contributed by atoms with E-state index in [1.54, 1.807) is 7.05 Å². The Balaban J connectivity index is 0.891. The summed E-state index contributed by atoms with van der Waals surface area (Å²) in [6.45, 7) is -0.0926. The van der Waals surface area contributed by atoms with Crippen molar-refractivity contribution in [3.8, 4) is 0 Å². The lowest BCUT2D eigenvalue weighted by molar-refractivity contribution is -0.145. The van der Waals surface area contributed by atoms with Crippen molar-refractivity contribution >= 4 is 82.3 Å². The van der Waals surface area contributed by atoms with Gasteiger partial charge in [0.15, 0.2) is 0 Å². The fourth-order valence-corrected chi connectivity index (χ4v) is 11.9. The average Bonchev–Trinajstić information content (AvgIpc) is 4.37. The van der Waals surface area contributed by atoms with Crippen molar-refractivity contribution in [3.63, 3.8) is 0 Å². The summed E-state index contributed by atoms with van der Waals surface area (Å²) in [5, 5.41) is 11.2. The molecule has 3 fully saturated rings. The first kappa shape index (κ1) is 58.1. The highest BCUT2D eigenvalue weighted by molar-refractivity contribution is 7.70. The van der Waals surface area contributed by atoms with Crippen molar-refractivity contribution < 1.29 is 57.5 Å². The number of H-pyrrole nitrogens is 1. The number of carbonyl (C=O) groups is 9. The zero-order chi connectivity index (χ0) is 58.4. The first-order valence-electron chi connectivity index (χ1n) is 27.4. The summed E-state index contributed by atoms with van der Waals surface area (Å²) < 4.78 is 14.7. The zero-order valence-electron chi connectivity index (χ0n) is 45.1. The Morgan fingerprint density at radius 1 is 0.780 bits per heavy atom. The number of hydrogen-bond acceptors (Lipinski definition) is 11. The van der Waals surface area contributed by atoms with Crippen molar-refractivity contribution in [2.75, 3.05) is 13.1 Å². The van der Waals surface area contributed by atoms with Gasteiger partial charge in [0.05, 0.1) is 17.1 Å². The van der Waals surface area contributed by atoms with Gasteiger partial charge in [-0.3, -0.25) is 62.2 Å². The van der Waals surface area contributed by atoms with Crippen molar-refractivity contribution in [3.05, 3.63) is 142 Å². The predicted molar refractivity (Wildman–Crippen MR) is 299 cm³/mol. The minimum absolute atomic E-state index is 0.0734. The molecule has 4 aromatic carbocycles. The van der Waals surface area contributed by atoms with Crippen LogP contribution in [0.2, 0.25) is 0 Å². The Morgan fingerprint density at radius 2 is 1.49 bits per heavy atom. The van der Waals surface area contributed by atoms with Crippen LogP contribution >= 0.6 is 7.60 Å². The van der Waals surface area contributed by atoms with Gasteiger partial charge < -0.3 is 46.3 Å². The normalized spacial score (nSPS) is 18.9. The third kappa shape index (κ3) is 13.1. The summed E-state index contributed by atoms with van der Waals surface area (Å²) in [5.74, 6) is -4.55. The molecule has 0 bridgehead atoms. The van der Waals surface area contributed by atoms with Crippen LogP contribution in [0.25, 0.3) is 21.9 Å².